The molecule has 1 atom stereocenters. The van der Waals surface area contributed by atoms with Crippen LogP contribution in [0.1, 0.15) is 22.3 Å². The van der Waals surface area contributed by atoms with Gasteiger partial charge in [0.15, 0.2) is 0 Å². The second kappa shape index (κ2) is 6.98. The normalized spacial score (nSPS) is 13.5. The minimum atomic E-state index is -0.948. The van der Waals surface area contributed by atoms with Crippen molar-refractivity contribution >= 4 is 34.6 Å². The van der Waals surface area contributed by atoms with Gasteiger partial charge in [-0.1, -0.05) is 30.3 Å². The lowest BCUT2D eigenvalue weighted by molar-refractivity contribution is -0.117. The molecule has 3 aromatic rings. The molecular weight excluding hydrogens is 356 g/mol. The highest BCUT2D eigenvalue weighted by atomic mass is 16.2. The molecule has 2 aromatic carbocycles. The van der Waals surface area contributed by atoms with Crippen molar-refractivity contribution in [2.75, 3.05) is 5.32 Å². The van der Waals surface area contributed by atoms with Crippen LogP contribution in [0.15, 0.2) is 47.6 Å². The smallest absolute Gasteiger partial charge is 0.272 e. The Hall–Kier alpha value is -3.96. The lowest BCUT2D eigenvalue weighted by atomic mass is 10.0. The molecule has 0 saturated carbocycles. The van der Waals surface area contributed by atoms with Crippen LogP contribution in [-0.4, -0.2) is 29.1 Å². The van der Waals surface area contributed by atoms with Gasteiger partial charge in [-0.2, -0.15) is 10.4 Å². The lowest BCUT2D eigenvalue weighted by Crippen LogP contribution is -2.35. The van der Waals surface area contributed by atoms with Crippen LogP contribution in [0.4, 0.5) is 5.69 Å². The first-order chi connectivity index (χ1) is 13.6. The molecule has 2 heterocycles. The van der Waals surface area contributed by atoms with Crippen LogP contribution < -0.4 is 16.5 Å². The third-order valence-corrected chi connectivity index (χ3v) is 4.52. The van der Waals surface area contributed by atoms with Crippen molar-refractivity contribution in [2.24, 2.45) is 10.8 Å². The Kier molecular flexibility index (Phi) is 4.35. The molecule has 0 radical (unpaired) electrons. The van der Waals surface area contributed by atoms with Crippen molar-refractivity contribution in [2.45, 2.75) is 12.5 Å². The third-order valence-electron chi connectivity index (χ3n) is 4.52. The highest BCUT2D eigenvalue weighted by Gasteiger charge is 2.23. The second-order valence-electron chi connectivity index (χ2n) is 6.38. The maximum atomic E-state index is 12.5. The SMILES string of the molecule is N#CCC(N)C(=O)Nc1cc2c3c(c(-c4ccccc4)[nH]c3c1)C=NNC2=O. The van der Waals surface area contributed by atoms with Crippen molar-refractivity contribution in [1.29, 1.82) is 5.26 Å². The average molecular weight is 372 g/mol. The molecule has 0 bridgehead atoms. The number of H-pyrrole nitrogens is 1. The monoisotopic (exact) mass is 372 g/mol. The minimum absolute atomic E-state index is 0.0972. The van der Waals surface area contributed by atoms with E-state index >= 15 is 0 Å². The summed E-state index contributed by atoms with van der Waals surface area (Å²) in [7, 11) is 0. The molecule has 8 nitrogen and oxygen atoms in total. The summed E-state index contributed by atoms with van der Waals surface area (Å²) in [4.78, 5) is 28.0. The van der Waals surface area contributed by atoms with Gasteiger partial charge in [0.05, 0.1) is 36.0 Å². The summed E-state index contributed by atoms with van der Waals surface area (Å²) in [5.41, 5.74) is 12.2. The summed E-state index contributed by atoms with van der Waals surface area (Å²) in [6.45, 7) is 0. The van der Waals surface area contributed by atoms with E-state index in [2.05, 4.69) is 20.8 Å². The molecule has 28 heavy (non-hydrogen) atoms. The van der Waals surface area contributed by atoms with E-state index in [0.29, 0.717) is 16.8 Å². The molecule has 0 aliphatic carbocycles. The number of hydrogen-bond donors (Lipinski definition) is 4. The van der Waals surface area contributed by atoms with E-state index in [1.165, 1.54) is 0 Å². The maximum absolute atomic E-state index is 12.5. The number of anilines is 1. The van der Waals surface area contributed by atoms with Crippen molar-refractivity contribution in [3.8, 4) is 17.3 Å². The fourth-order valence-electron chi connectivity index (χ4n) is 3.21. The average Bonchev–Trinajstić information content (AvgIpc) is 2.97. The summed E-state index contributed by atoms with van der Waals surface area (Å²) in [5, 5.41) is 16.1. The van der Waals surface area contributed by atoms with Crippen LogP contribution >= 0.6 is 0 Å². The molecule has 2 amide bonds. The molecule has 4 rings (SSSR count). The summed E-state index contributed by atoms with van der Waals surface area (Å²) in [6, 6.07) is 13.9. The molecule has 0 fully saturated rings. The number of nitrogens with two attached hydrogens (primary N) is 1. The van der Waals surface area contributed by atoms with Gasteiger partial charge in [-0.25, -0.2) is 5.43 Å². The van der Waals surface area contributed by atoms with Crippen LogP contribution in [0, 0.1) is 11.3 Å². The molecule has 5 N–H and O–H groups in total. The zero-order chi connectivity index (χ0) is 19.7. The number of benzene rings is 2. The summed E-state index contributed by atoms with van der Waals surface area (Å²) in [6.07, 6.45) is 1.51. The van der Waals surface area contributed by atoms with Gasteiger partial charge < -0.3 is 16.0 Å². The van der Waals surface area contributed by atoms with Gasteiger partial charge in [0, 0.05) is 22.2 Å². The second-order valence-corrected chi connectivity index (χ2v) is 6.38. The van der Waals surface area contributed by atoms with Crippen LogP contribution in [0.2, 0.25) is 0 Å². The van der Waals surface area contributed by atoms with Gasteiger partial charge >= 0.3 is 0 Å². The topological polar surface area (TPSA) is 136 Å². The van der Waals surface area contributed by atoms with E-state index in [9.17, 15) is 9.59 Å². The largest absolute Gasteiger partial charge is 0.354 e. The van der Waals surface area contributed by atoms with Gasteiger partial charge in [0.25, 0.3) is 5.91 Å². The van der Waals surface area contributed by atoms with E-state index in [1.54, 1.807) is 18.3 Å². The molecular formula is C20H16N6O2. The van der Waals surface area contributed by atoms with E-state index < -0.39 is 11.9 Å². The molecule has 0 spiro atoms. The lowest BCUT2D eigenvalue weighted by Gasteiger charge is -2.11. The van der Waals surface area contributed by atoms with Crippen molar-refractivity contribution in [1.82, 2.24) is 10.4 Å². The molecule has 0 saturated heterocycles. The number of aromatic amines is 1. The number of carbonyl (C=O) groups is 2. The Morgan fingerprint density at radius 2 is 2.07 bits per heavy atom. The van der Waals surface area contributed by atoms with Crippen LogP contribution in [0.5, 0.6) is 0 Å². The highest BCUT2D eigenvalue weighted by molar-refractivity contribution is 6.18. The number of nitrogens with zero attached hydrogens (tertiary/aromatic N) is 2. The first-order valence-corrected chi connectivity index (χ1v) is 8.60. The van der Waals surface area contributed by atoms with E-state index in [0.717, 1.165) is 22.2 Å². The number of nitrogens with one attached hydrogen (secondary N) is 3. The van der Waals surface area contributed by atoms with Gasteiger partial charge in [-0.3, -0.25) is 9.59 Å². The summed E-state index contributed by atoms with van der Waals surface area (Å²) >= 11 is 0. The molecule has 1 aliphatic rings. The van der Waals surface area contributed by atoms with Crippen LogP contribution in [0.25, 0.3) is 22.2 Å². The summed E-state index contributed by atoms with van der Waals surface area (Å²) in [5.74, 6) is -0.871. The number of aromatic nitrogens is 1. The van der Waals surface area contributed by atoms with E-state index in [4.69, 9.17) is 11.0 Å². The number of rotatable bonds is 4. The van der Waals surface area contributed by atoms with Crippen molar-refractivity contribution in [3.63, 3.8) is 0 Å². The molecule has 138 valence electrons. The standard InChI is InChI=1S/C20H16N6O2/c21-7-6-15(22)20(28)24-12-8-13-17-14(10-23-26-19(13)27)18(25-16(17)9-12)11-4-2-1-3-5-11/h1-5,8-10,15,25H,6,22H2,(H,24,28)(H,26,27). The number of hydrazone groups is 1. The number of hydrogen-bond acceptors (Lipinski definition) is 5. The Bertz CT molecular complexity index is 1160. The summed E-state index contributed by atoms with van der Waals surface area (Å²) < 4.78 is 0. The number of nitriles is 1. The van der Waals surface area contributed by atoms with E-state index in [1.807, 2.05) is 36.4 Å². The van der Waals surface area contributed by atoms with Gasteiger partial charge in [0.1, 0.15) is 0 Å². The number of amides is 2. The quantitative estimate of drug-likeness (QED) is 0.557. The first-order valence-electron chi connectivity index (χ1n) is 8.60. The maximum Gasteiger partial charge on any atom is 0.272 e. The zero-order valence-electron chi connectivity index (χ0n) is 14.7. The molecule has 8 heteroatoms. The Morgan fingerprint density at radius 1 is 1.29 bits per heavy atom. The molecule has 1 unspecified atom stereocenters. The predicted octanol–water partition coefficient (Wildman–Crippen LogP) is 2.09. The fourth-order valence-corrected chi connectivity index (χ4v) is 3.21. The van der Waals surface area contributed by atoms with E-state index in [-0.39, 0.29) is 12.3 Å². The molecule has 1 aromatic heterocycles. The van der Waals surface area contributed by atoms with Crippen LogP contribution in [0.3, 0.4) is 0 Å². The Balaban J connectivity index is 1.85. The third kappa shape index (κ3) is 3.00. The van der Waals surface area contributed by atoms with Gasteiger partial charge in [-0.15, -0.1) is 0 Å². The highest BCUT2D eigenvalue weighted by Crippen LogP contribution is 2.34. The number of carbonyl (C=O) groups excluding carboxylic acids is 2. The van der Waals surface area contributed by atoms with Crippen LogP contribution in [-0.2, 0) is 4.79 Å². The zero-order valence-corrected chi connectivity index (χ0v) is 14.7. The van der Waals surface area contributed by atoms with Crippen molar-refractivity contribution < 1.29 is 9.59 Å². The minimum Gasteiger partial charge on any atom is -0.354 e. The van der Waals surface area contributed by atoms with Gasteiger partial charge in [-0.05, 0) is 17.7 Å². The first kappa shape index (κ1) is 17.5. The van der Waals surface area contributed by atoms with Crippen molar-refractivity contribution in [3.05, 3.63) is 53.6 Å². The van der Waals surface area contributed by atoms with Gasteiger partial charge in [0.2, 0.25) is 5.91 Å². The Labute approximate surface area is 160 Å². The predicted molar refractivity (Wildman–Crippen MR) is 106 cm³/mol. The fraction of sp³-hybridized carbons (Fsp3) is 0.100. The Morgan fingerprint density at radius 3 is 2.82 bits per heavy atom. The molecule has 1 aliphatic heterocycles.